The lowest BCUT2D eigenvalue weighted by atomic mass is 9.93. The number of esters is 1. The first kappa shape index (κ1) is 19.0. The van der Waals surface area contributed by atoms with E-state index in [2.05, 4.69) is 5.16 Å². The van der Waals surface area contributed by atoms with Crippen molar-refractivity contribution in [3.63, 3.8) is 0 Å². The van der Waals surface area contributed by atoms with Gasteiger partial charge >= 0.3 is 5.97 Å². The molecule has 1 saturated heterocycles. The number of hydrogen-bond acceptors (Lipinski definition) is 5. The molecule has 1 aromatic heterocycles. The fourth-order valence-corrected chi connectivity index (χ4v) is 3.96. The second-order valence-electron chi connectivity index (χ2n) is 7.48. The molecule has 0 bridgehead atoms. The maximum Gasteiger partial charge on any atom is 0.309 e. The molecular weight excluding hydrogens is 380 g/mol. The molecule has 1 aromatic carbocycles. The van der Waals surface area contributed by atoms with Crippen molar-refractivity contribution in [2.75, 3.05) is 19.7 Å². The predicted octanol–water partition coefficient (Wildman–Crippen LogP) is 3.83. The number of ether oxygens (including phenoxy) is 1. The maximum atomic E-state index is 13.2. The molecule has 4 rings (SSSR count). The van der Waals surface area contributed by atoms with Gasteiger partial charge in [-0.2, -0.15) is 0 Å². The zero-order valence-electron chi connectivity index (χ0n) is 15.8. The Kier molecular flexibility index (Phi) is 5.15. The van der Waals surface area contributed by atoms with Gasteiger partial charge in [-0.05, 0) is 56.9 Å². The van der Waals surface area contributed by atoms with Gasteiger partial charge < -0.3 is 14.2 Å². The summed E-state index contributed by atoms with van der Waals surface area (Å²) in [6, 6.07) is 9.19. The summed E-state index contributed by atoms with van der Waals surface area (Å²) in [5, 5.41) is 4.86. The zero-order valence-corrected chi connectivity index (χ0v) is 16.6. The molecule has 0 spiro atoms. The SMILES string of the molecule is CCOC(=O)C1CCN(C(=O)C2(c3cc(-c4ccc(Cl)cc4)on3)CC2)CC1. The van der Waals surface area contributed by atoms with E-state index in [9.17, 15) is 9.59 Å². The number of halogens is 1. The quantitative estimate of drug-likeness (QED) is 0.710. The second kappa shape index (κ2) is 7.59. The molecule has 0 unspecified atom stereocenters. The largest absolute Gasteiger partial charge is 0.466 e. The van der Waals surface area contributed by atoms with Gasteiger partial charge in [0.1, 0.15) is 0 Å². The average molecular weight is 403 g/mol. The van der Waals surface area contributed by atoms with Gasteiger partial charge in [-0.15, -0.1) is 0 Å². The minimum atomic E-state index is -0.578. The number of piperidine rings is 1. The molecule has 28 heavy (non-hydrogen) atoms. The van der Waals surface area contributed by atoms with Crippen LogP contribution in [0.25, 0.3) is 11.3 Å². The highest BCUT2D eigenvalue weighted by Gasteiger charge is 2.55. The number of nitrogens with zero attached hydrogens (tertiary/aromatic N) is 2. The van der Waals surface area contributed by atoms with Crippen molar-refractivity contribution in [1.82, 2.24) is 10.1 Å². The molecule has 6 nitrogen and oxygen atoms in total. The van der Waals surface area contributed by atoms with Crippen molar-refractivity contribution in [3.8, 4) is 11.3 Å². The van der Waals surface area contributed by atoms with E-state index < -0.39 is 5.41 Å². The van der Waals surface area contributed by atoms with E-state index >= 15 is 0 Å². The van der Waals surface area contributed by atoms with Crippen LogP contribution in [-0.4, -0.2) is 41.6 Å². The van der Waals surface area contributed by atoms with Crippen LogP contribution in [0, 0.1) is 5.92 Å². The van der Waals surface area contributed by atoms with Gasteiger partial charge in [0.25, 0.3) is 0 Å². The van der Waals surface area contributed by atoms with E-state index in [1.807, 2.05) is 30.0 Å². The van der Waals surface area contributed by atoms with Gasteiger partial charge in [0, 0.05) is 29.7 Å². The van der Waals surface area contributed by atoms with Crippen molar-refractivity contribution in [2.24, 2.45) is 5.92 Å². The number of aromatic nitrogens is 1. The molecule has 0 atom stereocenters. The van der Waals surface area contributed by atoms with Crippen LogP contribution in [0.2, 0.25) is 5.02 Å². The number of hydrogen-bond donors (Lipinski definition) is 0. The van der Waals surface area contributed by atoms with E-state index in [1.165, 1.54) is 0 Å². The first-order chi connectivity index (χ1) is 13.5. The van der Waals surface area contributed by atoms with Gasteiger partial charge in [-0.3, -0.25) is 9.59 Å². The Hall–Kier alpha value is -2.34. The third-order valence-electron chi connectivity index (χ3n) is 5.69. The zero-order chi connectivity index (χ0) is 19.7. The number of rotatable bonds is 5. The monoisotopic (exact) mass is 402 g/mol. The van der Waals surface area contributed by atoms with Gasteiger partial charge in [-0.25, -0.2) is 0 Å². The van der Waals surface area contributed by atoms with E-state index in [-0.39, 0.29) is 17.8 Å². The van der Waals surface area contributed by atoms with Crippen LogP contribution in [0.5, 0.6) is 0 Å². The van der Waals surface area contributed by atoms with Crippen molar-refractivity contribution in [2.45, 2.75) is 38.0 Å². The van der Waals surface area contributed by atoms with Crippen LogP contribution < -0.4 is 0 Å². The summed E-state index contributed by atoms with van der Waals surface area (Å²) in [6.07, 6.45) is 2.84. The van der Waals surface area contributed by atoms with Crippen molar-refractivity contribution in [3.05, 3.63) is 41.0 Å². The van der Waals surface area contributed by atoms with Gasteiger partial charge in [0.05, 0.1) is 23.6 Å². The van der Waals surface area contributed by atoms with Crippen LogP contribution in [0.15, 0.2) is 34.9 Å². The Morgan fingerprint density at radius 2 is 1.93 bits per heavy atom. The van der Waals surface area contributed by atoms with Crippen molar-refractivity contribution in [1.29, 1.82) is 0 Å². The van der Waals surface area contributed by atoms with Crippen LogP contribution >= 0.6 is 11.6 Å². The van der Waals surface area contributed by atoms with Crippen LogP contribution in [0.1, 0.15) is 38.3 Å². The minimum Gasteiger partial charge on any atom is -0.466 e. The maximum absolute atomic E-state index is 13.2. The number of amides is 1. The minimum absolute atomic E-state index is 0.0887. The normalized spacial score (nSPS) is 18.7. The molecule has 0 radical (unpaired) electrons. The highest BCUT2D eigenvalue weighted by molar-refractivity contribution is 6.30. The lowest BCUT2D eigenvalue weighted by Gasteiger charge is -2.33. The molecule has 2 aromatic rings. The van der Waals surface area contributed by atoms with Crippen molar-refractivity contribution >= 4 is 23.5 Å². The van der Waals surface area contributed by atoms with Gasteiger partial charge in [0.2, 0.25) is 5.91 Å². The molecule has 2 fully saturated rings. The summed E-state index contributed by atoms with van der Waals surface area (Å²) in [5.74, 6) is 0.458. The Morgan fingerprint density at radius 1 is 1.25 bits per heavy atom. The molecular formula is C21H23ClN2O4. The third-order valence-corrected chi connectivity index (χ3v) is 5.94. The van der Waals surface area contributed by atoms with E-state index in [0.29, 0.717) is 49.0 Å². The standard InChI is InChI=1S/C21H23ClN2O4/c1-2-27-19(25)15-7-11-24(12-8-15)20(26)21(9-10-21)18-13-17(28-23-18)14-3-5-16(22)6-4-14/h3-6,13,15H,2,7-12H2,1H3. The summed E-state index contributed by atoms with van der Waals surface area (Å²) in [6.45, 7) is 3.35. The highest BCUT2D eigenvalue weighted by atomic mass is 35.5. The lowest BCUT2D eigenvalue weighted by molar-refractivity contribution is -0.151. The summed E-state index contributed by atoms with van der Waals surface area (Å²) < 4.78 is 10.6. The lowest BCUT2D eigenvalue weighted by Crippen LogP contribution is -2.45. The molecule has 1 aliphatic heterocycles. The van der Waals surface area contributed by atoms with Gasteiger partial charge in [-0.1, -0.05) is 16.8 Å². The number of likely N-dealkylation sites (tertiary alicyclic amines) is 1. The number of carbonyl (C=O) groups excluding carboxylic acids is 2. The van der Waals surface area contributed by atoms with Crippen LogP contribution in [0.4, 0.5) is 0 Å². The average Bonchev–Trinajstić information content (AvgIpc) is 3.38. The molecule has 2 heterocycles. The fraction of sp³-hybridized carbons (Fsp3) is 0.476. The molecule has 148 valence electrons. The number of carbonyl (C=O) groups is 2. The Bertz CT molecular complexity index is 865. The highest BCUT2D eigenvalue weighted by Crippen LogP contribution is 2.50. The molecule has 1 amide bonds. The first-order valence-electron chi connectivity index (χ1n) is 9.72. The summed E-state index contributed by atoms with van der Waals surface area (Å²) >= 11 is 5.94. The summed E-state index contributed by atoms with van der Waals surface area (Å²) in [7, 11) is 0. The summed E-state index contributed by atoms with van der Waals surface area (Å²) in [4.78, 5) is 27.0. The topological polar surface area (TPSA) is 72.6 Å². The molecule has 1 aliphatic carbocycles. The van der Waals surface area contributed by atoms with Crippen molar-refractivity contribution < 1.29 is 18.8 Å². The van der Waals surface area contributed by atoms with E-state index in [0.717, 1.165) is 18.4 Å². The molecule has 2 aliphatic rings. The predicted molar refractivity (Wildman–Crippen MR) is 104 cm³/mol. The molecule has 0 N–H and O–H groups in total. The molecule has 1 saturated carbocycles. The number of benzene rings is 1. The van der Waals surface area contributed by atoms with E-state index in [4.69, 9.17) is 20.9 Å². The second-order valence-corrected chi connectivity index (χ2v) is 7.92. The van der Waals surface area contributed by atoms with Gasteiger partial charge in [0.15, 0.2) is 5.76 Å². The molecule has 7 heteroatoms. The Labute approximate surface area is 168 Å². The van der Waals surface area contributed by atoms with E-state index in [1.54, 1.807) is 12.1 Å². The Balaban J connectivity index is 1.44. The Morgan fingerprint density at radius 3 is 2.54 bits per heavy atom. The fourth-order valence-electron chi connectivity index (χ4n) is 3.84. The first-order valence-corrected chi connectivity index (χ1v) is 10.1. The van der Waals surface area contributed by atoms with Crippen LogP contribution in [-0.2, 0) is 19.7 Å². The smallest absolute Gasteiger partial charge is 0.309 e. The van der Waals surface area contributed by atoms with Crippen LogP contribution in [0.3, 0.4) is 0 Å². The third kappa shape index (κ3) is 3.53. The summed E-state index contributed by atoms with van der Waals surface area (Å²) in [5.41, 5.74) is 0.988.